The minimum atomic E-state index is -2.46. The number of ether oxygens (including phenoxy) is 2. The third-order valence-corrected chi connectivity index (χ3v) is 8.03. The van der Waals surface area contributed by atoms with Gasteiger partial charge in [-0.25, -0.2) is 13.3 Å². The maximum Gasteiger partial charge on any atom is 0.339 e. The number of aliphatic carboxylic acids is 1. The molecule has 0 amide bonds. The van der Waals surface area contributed by atoms with Gasteiger partial charge in [-0.1, -0.05) is 66.2 Å². The molecule has 0 aliphatic heterocycles. The number of carbonyl (C=O) groups excluding carboxylic acids is 1. The highest BCUT2D eigenvalue weighted by Crippen LogP contribution is 2.40. The first-order valence-corrected chi connectivity index (χ1v) is 14.5. The van der Waals surface area contributed by atoms with Crippen molar-refractivity contribution in [2.75, 3.05) is 23.4 Å². The van der Waals surface area contributed by atoms with Crippen LogP contribution >= 0.6 is 11.6 Å². The fourth-order valence-electron chi connectivity index (χ4n) is 4.92. The fraction of sp³-hybridized carbons (Fsp3) is 0.226. The number of rotatable bonds is 12. The second kappa shape index (κ2) is 13.8. The molecule has 42 heavy (non-hydrogen) atoms. The molecule has 0 aliphatic rings. The lowest BCUT2D eigenvalue weighted by Gasteiger charge is -2.33. The summed E-state index contributed by atoms with van der Waals surface area (Å²) in [5, 5.41) is 11.6. The van der Waals surface area contributed by atoms with E-state index in [1.165, 1.54) is 18.5 Å². The third kappa shape index (κ3) is 6.74. The van der Waals surface area contributed by atoms with Crippen molar-refractivity contribution in [1.29, 1.82) is 0 Å². The number of hydrogen-bond donors (Lipinski definition) is 2. The van der Waals surface area contributed by atoms with E-state index in [0.717, 1.165) is 16.6 Å². The van der Waals surface area contributed by atoms with Gasteiger partial charge in [0.15, 0.2) is 6.10 Å². The Morgan fingerprint density at radius 3 is 2.07 bits per heavy atom. The van der Waals surface area contributed by atoms with Gasteiger partial charge in [-0.3, -0.25) is 9.35 Å². The predicted octanol–water partition coefficient (Wildman–Crippen LogP) is 6.50. The van der Waals surface area contributed by atoms with Crippen molar-refractivity contribution in [3.8, 4) is 0 Å². The van der Waals surface area contributed by atoms with Crippen LogP contribution < -0.4 is 9.21 Å². The van der Waals surface area contributed by atoms with E-state index in [0.29, 0.717) is 33.9 Å². The van der Waals surface area contributed by atoms with Crippen molar-refractivity contribution in [2.24, 2.45) is 0 Å². The molecule has 4 aromatic carbocycles. The minimum Gasteiger partial charge on any atom is -0.481 e. The number of fused-ring (bicyclic) bond motifs is 1. The van der Waals surface area contributed by atoms with Crippen molar-refractivity contribution in [2.45, 2.75) is 32.0 Å². The van der Waals surface area contributed by atoms with Crippen LogP contribution in [0, 0.1) is 0 Å². The van der Waals surface area contributed by atoms with Gasteiger partial charge < -0.3 is 19.5 Å². The molecular formula is C31H31ClN2O7S. The Morgan fingerprint density at radius 2 is 1.50 bits per heavy atom. The summed E-state index contributed by atoms with van der Waals surface area (Å²) in [5.74, 6) is -1.49. The van der Waals surface area contributed by atoms with E-state index in [-0.39, 0.29) is 6.42 Å². The molecule has 0 saturated heterocycles. The summed E-state index contributed by atoms with van der Waals surface area (Å²) in [5.41, 5.74) is 2.99. The van der Waals surface area contributed by atoms with Crippen molar-refractivity contribution in [3.05, 3.63) is 101 Å². The lowest BCUT2D eigenvalue weighted by atomic mass is 10.0. The van der Waals surface area contributed by atoms with Crippen molar-refractivity contribution >= 4 is 62.6 Å². The van der Waals surface area contributed by atoms with Gasteiger partial charge in [0.25, 0.3) is 11.3 Å². The normalized spacial score (nSPS) is 13.3. The minimum absolute atomic E-state index is 0.103. The number of methoxy groups -OCH3 is 2. The molecule has 4 rings (SSSR count). The van der Waals surface area contributed by atoms with E-state index in [1.54, 1.807) is 36.4 Å². The fourth-order valence-corrected chi connectivity index (χ4v) is 5.74. The van der Waals surface area contributed by atoms with Gasteiger partial charge in [0.1, 0.15) is 0 Å². The molecule has 220 valence electrons. The predicted molar refractivity (Wildman–Crippen MR) is 164 cm³/mol. The van der Waals surface area contributed by atoms with Crippen LogP contribution in [-0.2, 0) is 36.9 Å². The van der Waals surface area contributed by atoms with E-state index in [2.05, 4.69) is 0 Å². The molecular weight excluding hydrogens is 580 g/mol. The Morgan fingerprint density at radius 1 is 0.905 bits per heavy atom. The van der Waals surface area contributed by atoms with Gasteiger partial charge >= 0.3 is 11.9 Å². The molecule has 3 atom stereocenters. The zero-order valence-corrected chi connectivity index (χ0v) is 24.8. The smallest absolute Gasteiger partial charge is 0.339 e. The molecule has 0 bridgehead atoms. The highest BCUT2D eigenvalue weighted by Gasteiger charge is 2.25. The summed E-state index contributed by atoms with van der Waals surface area (Å²) in [6, 6.07) is 24.5. The van der Waals surface area contributed by atoms with Gasteiger partial charge in [-0.2, -0.15) is 0 Å². The highest BCUT2D eigenvalue weighted by atomic mass is 35.5. The lowest BCUT2D eigenvalue weighted by molar-refractivity contribution is -0.152. The molecule has 11 heteroatoms. The summed E-state index contributed by atoms with van der Waals surface area (Å²) < 4.78 is 34.5. The number of carboxylic acid groups (broad SMARTS) is 1. The zero-order valence-electron chi connectivity index (χ0n) is 23.3. The maximum absolute atomic E-state index is 12.7. The molecule has 4 aromatic rings. The largest absolute Gasteiger partial charge is 0.481 e. The van der Waals surface area contributed by atoms with Gasteiger partial charge in [0.05, 0.1) is 24.9 Å². The van der Waals surface area contributed by atoms with E-state index >= 15 is 0 Å². The van der Waals surface area contributed by atoms with Gasteiger partial charge in [0.2, 0.25) is 0 Å². The van der Waals surface area contributed by atoms with E-state index in [1.807, 2.05) is 60.4 Å². The molecule has 0 aliphatic carbocycles. The van der Waals surface area contributed by atoms with E-state index in [9.17, 15) is 23.5 Å². The van der Waals surface area contributed by atoms with Gasteiger partial charge in [-0.05, 0) is 48.4 Å². The number of carbonyl (C=O) groups is 2. The molecule has 0 aromatic heterocycles. The Labute approximate surface area is 251 Å². The second-order valence-electron chi connectivity index (χ2n) is 9.57. The summed E-state index contributed by atoms with van der Waals surface area (Å²) in [6.07, 6.45) is -1.04. The molecule has 2 unspecified atom stereocenters. The molecule has 2 N–H and O–H groups in total. The first-order chi connectivity index (χ1) is 20.2. The second-order valence-corrected chi connectivity index (χ2v) is 10.8. The topological polar surface area (TPSA) is 117 Å². The van der Waals surface area contributed by atoms with Gasteiger partial charge in [-0.15, -0.1) is 0 Å². The molecule has 0 heterocycles. The van der Waals surface area contributed by atoms with Crippen molar-refractivity contribution < 1.29 is 32.9 Å². The van der Waals surface area contributed by atoms with E-state index in [4.69, 9.17) is 21.1 Å². The quantitative estimate of drug-likeness (QED) is 0.138. The Bertz CT molecular complexity index is 1600. The molecule has 0 radical (unpaired) electrons. The zero-order chi connectivity index (χ0) is 30.4. The molecule has 9 nitrogen and oxygen atoms in total. The number of nitrogens with zero attached hydrogens (tertiary/aromatic N) is 2. The first-order valence-electron chi connectivity index (χ1n) is 13.0. The number of halogens is 1. The molecule has 0 fully saturated rings. The Hall–Kier alpha value is -3.96. The van der Waals surface area contributed by atoms with Crippen molar-refractivity contribution in [1.82, 2.24) is 0 Å². The van der Waals surface area contributed by atoms with Crippen LogP contribution in [0.2, 0.25) is 5.02 Å². The molecule has 0 saturated carbocycles. The standard InChI is InChI=1S/C31H31ClN2O7S/c1-20(18-29(35)36)33(19-22-8-4-7-11-26(22)32)27-16-17-28(25-10-6-5-9-24(25)27)34(42(38)39)23-14-12-21(13-15-23)30(40-2)31(37)41-3/h4-17,20,30H,18-19H2,1-3H3,(H,35,36)(H,38,39)/t20-,30?/m0/s1. The van der Waals surface area contributed by atoms with Crippen LogP contribution in [0.3, 0.4) is 0 Å². The monoisotopic (exact) mass is 610 g/mol. The summed E-state index contributed by atoms with van der Waals surface area (Å²) in [6.45, 7) is 2.20. The molecule has 0 spiro atoms. The van der Waals surface area contributed by atoms with Gasteiger partial charge in [0, 0.05) is 41.2 Å². The van der Waals surface area contributed by atoms with Crippen LogP contribution in [0.5, 0.6) is 0 Å². The van der Waals surface area contributed by atoms with Crippen LogP contribution in [-0.4, -0.2) is 46.1 Å². The van der Waals surface area contributed by atoms with Crippen LogP contribution in [0.25, 0.3) is 10.8 Å². The van der Waals surface area contributed by atoms with Crippen LogP contribution in [0.15, 0.2) is 84.9 Å². The first kappa shape index (κ1) is 31.0. The maximum atomic E-state index is 12.7. The number of anilines is 3. The van der Waals surface area contributed by atoms with E-state index < -0.39 is 35.4 Å². The van der Waals surface area contributed by atoms with Crippen LogP contribution in [0.1, 0.15) is 30.6 Å². The Balaban J connectivity index is 1.82. The highest BCUT2D eigenvalue weighted by molar-refractivity contribution is 7.81. The Kier molecular flexibility index (Phi) is 10.2. The van der Waals surface area contributed by atoms with Crippen molar-refractivity contribution in [3.63, 3.8) is 0 Å². The number of benzene rings is 4. The number of hydrogen-bond acceptors (Lipinski definition) is 6. The third-order valence-electron chi connectivity index (χ3n) is 6.94. The average Bonchev–Trinajstić information content (AvgIpc) is 2.97. The number of carboxylic acids is 1. The average molecular weight is 611 g/mol. The SMILES string of the molecule is COC(=O)C(OC)c1ccc(N(c2ccc(N(Cc3ccccc3Cl)[C@@H](C)CC(=O)O)c3ccccc23)S(=O)O)cc1. The number of esters is 1. The summed E-state index contributed by atoms with van der Waals surface area (Å²) >= 11 is 4.02. The summed E-state index contributed by atoms with van der Waals surface area (Å²) in [7, 11) is 2.66. The summed E-state index contributed by atoms with van der Waals surface area (Å²) in [4.78, 5) is 25.7. The van der Waals surface area contributed by atoms with Crippen LogP contribution in [0.4, 0.5) is 17.1 Å². The lowest BCUT2D eigenvalue weighted by Crippen LogP contribution is -2.34.